The Morgan fingerprint density at radius 2 is 1.71 bits per heavy atom. The molecule has 1 aromatic carbocycles. The fourth-order valence-electron chi connectivity index (χ4n) is 4.57. The molecule has 1 fully saturated rings. The summed E-state index contributed by atoms with van der Waals surface area (Å²) in [5.41, 5.74) is 2.37. The molecule has 0 bridgehead atoms. The smallest absolute Gasteiger partial charge is 0.410 e. The molecule has 41 heavy (non-hydrogen) atoms. The van der Waals surface area contributed by atoms with Crippen LogP contribution in [0, 0.1) is 18.3 Å². The Labute approximate surface area is 244 Å². The highest BCUT2D eigenvalue weighted by Crippen LogP contribution is 2.36. The van der Waals surface area contributed by atoms with E-state index in [1.165, 1.54) is 21.0 Å². The molecular formula is C29H34N4O6S2. The summed E-state index contributed by atoms with van der Waals surface area (Å²) in [6, 6.07) is 12.3. The first-order valence-corrected chi connectivity index (χ1v) is 15.5. The van der Waals surface area contributed by atoms with Crippen molar-refractivity contribution in [1.29, 1.82) is 5.26 Å². The number of esters is 1. The second kappa shape index (κ2) is 12.1. The van der Waals surface area contributed by atoms with E-state index in [9.17, 15) is 23.3 Å². The number of hydrogen-bond donors (Lipinski definition) is 0. The van der Waals surface area contributed by atoms with Gasteiger partial charge in [0.1, 0.15) is 11.7 Å². The molecule has 0 radical (unpaired) electrons. The summed E-state index contributed by atoms with van der Waals surface area (Å²) >= 11 is 1.42. The van der Waals surface area contributed by atoms with Crippen molar-refractivity contribution < 1.29 is 27.5 Å². The van der Waals surface area contributed by atoms with Crippen LogP contribution in [0.2, 0.25) is 0 Å². The van der Waals surface area contributed by atoms with Crippen molar-refractivity contribution in [2.45, 2.75) is 61.5 Å². The predicted octanol–water partition coefficient (Wildman–Crippen LogP) is 4.62. The lowest BCUT2D eigenvalue weighted by molar-refractivity contribution is -0.142. The van der Waals surface area contributed by atoms with E-state index in [1.54, 1.807) is 64.2 Å². The zero-order valence-electron chi connectivity index (χ0n) is 23.8. The van der Waals surface area contributed by atoms with Gasteiger partial charge in [0.05, 0.1) is 34.0 Å². The number of nitrogens with zero attached hydrogens (tertiary/aromatic N) is 4. The van der Waals surface area contributed by atoms with Crippen molar-refractivity contribution in [3.8, 4) is 6.07 Å². The van der Waals surface area contributed by atoms with Gasteiger partial charge in [-0.1, -0.05) is 11.8 Å². The lowest BCUT2D eigenvalue weighted by Crippen LogP contribution is -2.51. The third kappa shape index (κ3) is 6.86. The average molecular weight is 599 g/mol. The van der Waals surface area contributed by atoms with Crippen molar-refractivity contribution in [1.82, 2.24) is 13.6 Å². The number of nitriles is 1. The van der Waals surface area contributed by atoms with Crippen LogP contribution in [0.5, 0.6) is 0 Å². The molecule has 0 saturated carbocycles. The Morgan fingerprint density at radius 1 is 1.05 bits per heavy atom. The van der Waals surface area contributed by atoms with Gasteiger partial charge in [-0.25, -0.2) is 13.2 Å². The number of aromatic nitrogens is 1. The van der Waals surface area contributed by atoms with Gasteiger partial charge in [0.15, 0.2) is 0 Å². The monoisotopic (exact) mass is 598 g/mol. The molecule has 1 aliphatic rings. The largest absolute Gasteiger partial charge is 0.466 e. The summed E-state index contributed by atoms with van der Waals surface area (Å²) in [7, 11) is -3.75. The van der Waals surface area contributed by atoms with Crippen molar-refractivity contribution >= 4 is 39.4 Å². The molecule has 0 spiro atoms. The number of fused-ring (bicyclic) bond motifs is 1. The number of carbonyl (C=O) groups excluding carboxylic acids is 2. The number of amides is 1. The molecule has 0 aliphatic carbocycles. The maximum absolute atomic E-state index is 13.3. The van der Waals surface area contributed by atoms with E-state index in [4.69, 9.17) is 9.47 Å². The summed E-state index contributed by atoms with van der Waals surface area (Å²) in [6.07, 6.45) is 1.39. The first-order chi connectivity index (χ1) is 19.3. The lowest BCUT2D eigenvalue weighted by Gasteiger charge is -2.35. The van der Waals surface area contributed by atoms with Crippen LogP contribution in [0.4, 0.5) is 4.79 Å². The van der Waals surface area contributed by atoms with Crippen LogP contribution >= 0.6 is 11.8 Å². The van der Waals surface area contributed by atoms with Gasteiger partial charge in [-0.3, -0.25) is 4.79 Å². The highest BCUT2D eigenvalue weighted by atomic mass is 32.2. The number of pyridine rings is 1. The Hall–Kier alpha value is -3.53. The van der Waals surface area contributed by atoms with Crippen LogP contribution < -0.4 is 0 Å². The first kappa shape index (κ1) is 30.4. The summed E-state index contributed by atoms with van der Waals surface area (Å²) in [5, 5.41) is 10.3. The molecule has 12 heteroatoms. The minimum atomic E-state index is -3.75. The number of piperazine rings is 1. The molecule has 1 saturated heterocycles. The topological polar surface area (TPSA) is 121 Å². The van der Waals surface area contributed by atoms with Gasteiger partial charge in [-0.05, 0) is 82.1 Å². The molecule has 1 aliphatic heterocycles. The second-order valence-electron chi connectivity index (χ2n) is 10.6. The van der Waals surface area contributed by atoms with E-state index in [1.807, 2.05) is 17.4 Å². The number of carbonyl (C=O) groups is 2. The molecule has 4 rings (SSSR count). The van der Waals surface area contributed by atoms with Crippen molar-refractivity contribution in [2.24, 2.45) is 0 Å². The van der Waals surface area contributed by atoms with Crippen molar-refractivity contribution in [2.75, 3.05) is 32.8 Å². The van der Waals surface area contributed by atoms with Crippen LogP contribution in [0.15, 0.2) is 57.4 Å². The minimum absolute atomic E-state index is 0.105. The maximum atomic E-state index is 13.3. The number of ether oxygens (including phenoxy) is 2. The van der Waals surface area contributed by atoms with Gasteiger partial charge in [-0.15, -0.1) is 0 Å². The molecule has 1 amide bonds. The van der Waals surface area contributed by atoms with Gasteiger partial charge in [0, 0.05) is 37.3 Å². The molecular weight excluding hydrogens is 564 g/mol. The Balaban J connectivity index is 1.52. The van der Waals surface area contributed by atoms with E-state index in [0.29, 0.717) is 12.2 Å². The van der Waals surface area contributed by atoms with E-state index in [2.05, 4.69) is 6.07 Å². The first-order valence-electron chi connectivity index (χ1n) is 13.3. The number of hydrogen-bond acceptors (Lipinski definition) is 8. The zero-order chi connectivity index (χ0) is 29.9. The number of sulfonamides is 1. The SMILES string of the molecule is CCOC(=O)Cc1c(C)c(Sc2ccc(S(=O)(=O)N3CCN(C(=O)OC(C)(C)C)CC3)cc2)n2cc(C#N)ccc12. The summed E-state index contributed by atoms with van der Waals surface area (Å²) in [4.78, 5) is 27.1. The van der Waals surface area contributed by atoms with Crippen LogP contribution in [-0.2, 0) is 30.7 Å². The highest BCUT2D eigenvalue weighted by molar-refractivity contribution is 7.99. The van der Waals surface area contributed by atoms with Crippen LogP contribution in [0.3, 0.4) is 0 Å². The van der Waals surface area contributed by atoms with E-state index in [-0.39, 0.29) is 43.5 Å². The zero-order valence-corrected chi connectivity index (χ0v) is 25.5. The van der Waals surface area contributed by atoms with Crippen LogP contribution in [0.1, 0.15) is 44.4 Å². The molecule has 218 valence electrons. The van der Waals surface area contributed by atoms with E-state index >= 15 is 0 Å². The van der Waals surface area contributed by atoms with Gasteiger partial charge < -0.3 is 18.8 Å². The summed E-state index contributed by atoms with van der Waals surface area (Å²) in [6.45, 7) is 10.2. The Kier molecular flexibility index (Phi) is 9.01. The number of benzene rings is 1. The van der Waals surface area contributed by atoms with Crippen molar-refractivity contribution in [3.05, 3.63) is 59.3 Å². The normalized spacial score (nSPS) is 14.6. The predicted molar refractivity (Wildman–Crippen MR) is 154 cm³/mol. The highest BCUT2D eigenvalue weighted by Gasteiger charge is 2.32. The van der Waals surface area contributed by atoms with Gasteiger partial charge >= 0.3 is 12.1 Å². The fourth-order valence-corrected chi connectivity index (χ4v) is 7.01. The van der Waals surface area contributed by atoms with Crippen molar-refractivity contribution in [3.63, 3.8) is 0 Å². The Bertz CT molecular complexity index is 1590. The summed E-state index contributed by atoms with van der Waals surface area (Å²) in [5.74, 6) is -0.328. The quantitative estimate of drug-likeness (QED) is 0.361. The minimum Gasteiger partial charge on any atom is -0.466 e. The third-order valence-corrected chi connectivity index (χ3v) is 9.69. The van der Waals surface area contributed by atoms with Gasteiger partial charge in [0.25, 0.3) is 0 Å². The molecule has 3 aromatic rings. The molecule has 2 aromatic heterocycles. The van der Waals surface area contributed by atoms with Crippen LogP contribution in [0.25, 0.3) is 5.52 Å². The molecule has 0 unspecified atom stereocenters. The molecule has 0 N–H and O–H groups in total. The summed E-state index contributed by atoms with van der Waals surface area (Å²) < 4.78 is 40.5. The molecule has 3 heterocycles. The maximum Gasteiger partial charge on any atom is 0.410 e. The third-order valence-electron chi connectivity index (χ3n) is 6.57. The average Bonchev–Trinajstić information content (AvgIpc) is 3.17. The van der Waals surface area contributed by atoms with E-state index < -0.39 is 21.7 Å². The molecule has 10 nitrogen and oxygen atoms in total. The lowest BCUT2D eigenvalue weighted by atomic mass is 10.1. The van der Waals surface area contributed by atoms with Gasteiger partial charge in [0.2, 0.25) is 10.0 Å². The molecule has 0 atom stereocenters. The fraction of sp³-hybridized carbons (Fsp3) is 0.414. The standard InChI is InChI=1S/C29H34N4O6S2/c1-6-38-26(34)17-24-20(2)27(33-19-21(18-30)7-12-25(24)33)40-22-8-10-23(11-9-22)41(36,37)32-15-13-31(14-16-32)28(35)39-29(3,4)5/h7-12,19H,6,13-17H2,1-5H3. The number of rotatable bonds is 7. The Morgan fingerprint density at radius 3 is 2.29 bits per heavy atom. The second-order valence-corrected chi connectivity index (χ2v) is 13.6. The van der Waals surface area contributed by atoms with E-state index in [0.717, 1.165) is 26.6 Å². The van der Waals surface area contributed by atoms with Crippen LogP contribution in [-0.4, -0.2) is 72.5 Å². The van der Waals surface area contributed by atoms with Gasteiger partial charge in [-0.2, -0.15) is 9.57 Å².